The molecule has 0 aliphatic heterocycles. The smallest absolute Gasteiger partial charge is 0.257 e. The van der Waals surface area contributed by atoms with Crippen molar-refractivity contribution < 1.29 is 9.90 Å². The van der Waals surface area contributed by atoms with Crippen molar-refractivity contribution >= 4 is 33.4 Å². The highest BCUT2D eigenvalue weighted by molar-refractivity contribution is 9.10. The Balaban J connectivity index is 2.95. The lowest BCUT2D eigenvalue weighted by molar-refractivity contribution is 0.0800. The van der Waals surface area contributed by atoms with E-state index in [-0.39, 0.29) is 17.2 Å². The molecule has 0 aliphatic rings. The Morgan fingerprint density at radius 3 is 2.87 bits per heavy atom. The maximum atomic E-state index is 11.8. The number of rotatable bonds is 3. The summed E-state index contributed by atoms with van der Waals surface area (Å²) in [5.41, 5.74) is 0.275. The summed E-state index contributed by atoms with van der Waals surface area (Å²) in [6.07, 6.45) is 0. The van der Waals surface area contributed by atoms with Crippen LogP contribution in [0.3, 0.4) is 0 Å². The molecule has 0 heterocycles. The van der Waals surface area contributed by atoms with Gasteiger partial charge >= 0.3 is 0 Å². The molecule has 0 saturated carbocycles. The summed E-state index contributed by atoms with van der Waals surface area (Å²) < 4.78 is 0.753. The fourth-order valence-electron chi connectivity index (χ4n) is 1.11. The summed E-state index contributed by atoms with van der Waals surface area (Å²) in [7, 11) is 1.64. The Morgan fingerprint density at radius 2 is 2.27 bits per heavy atom. The van der Waals surface area contributed by atoms with Gasteiger partial charge in [-0.3, -0.25) is 4.79 Å². The van der Waals surface area contributed by atoms with Gasteiger partial charge in [-0.15, -0.1) is 11.6 Å². The summed E-state index contributed by atoms with van der Waals surface area (Å²) in [5, 5.41) is 9.52. The maximum Gasteiger partial charge on any atom is 0.257 e. The van der Waals surface area contributed by atoms with Crippen molar-refractivity contribution in [3.8, 4) is 5.75 Å². The number of carbonyl (C=O) groups excluding carboxylic acids is 1. The highest BCUT2D eigenvalue weighted by Crippen LogP contribution is 2.22. The van der Waals surface area contributed by atoms with Crippen LogP contribution in [0.5, 0.6) is 5.75 Å². The molecule has 3 nitrogen and oxygen atoms in total. The number of carbonyl (C=O) groups is 1. The molecule has 1 N–H and O–H groups in total. The van der Waals surface area contributed by atoms with E-state index in [1.807, 2.05) is 0 Å². The molecule has 0 atom stereocenters. The highest BCUT2D eigenvalue weighted by atomic mass is 79.9. The third kappa shape index (κ3) is 3.11. The van der Waals surface area contributed by atoms with Gasteiger partial charge in [0.1, 0.15) is 5.75 Å². The Kier molecular flexibility index (Phi) is 4.42. The van der Waals surface area contributed by atoms with Gasteiger partial charge in [-0.1, -0.05) is 15.9 Å². The van der Waals surface area contributed by atoms with Crippen molar-refractivity contribution in [2.45, 2.75) is 0 Å². The van der Waals surface area contributed by atoms with Gasteiger partial charge in [0.25, 0.3) is 5.91 Å². The molecule has 1 aromatic rings. The maximum absolute atomic E-state index is 11.8. The van der Waals surface area contributed by atoms with E-state index in [1.165, 1.54) is 11.0 Å². The van der Waals surface area contributed by atoms with Crippen molar-refractivity contribution in [2.75, 3.05) is 19.5 Å². The Labute approximate surface area is 102 Å². The first-order valence-electron chi connectivity index (χ1n) is 4.36. The molecule has 0 fully saturated rings. The first-order valence-corrected chi connectivity index (χ1v) is 5.69. The summed E-state index contributed by atoms with van der Waals surface area (Å²) in [5.74, 6) is 0.107. The van der Waals surface area contributed by atoms with Crippen LogP contribution >= 0.6 is 27.5 Å². The minimum absolute atomic E-state index is 0.0235. The molecule has 0 spiro atoms. The van der Waals surface area contributed by atoms with Crippen LogP contribution in [0.4, 0.5) is 0 Å². The second kappa shape index (κ2) is 5.37. The number of nitrogens with zero attached hydrogens (tertiary/aromatic N) is 1. The minimum Gasteiger partial charge on any atom is -0.507 e. The second-order valence-electron chi connectivity index (χ2n) is 3.08. The van der Waals surface area contributed by atoms with Crippen molar-refractivity contribution in [1.82, 2.24) is 4.90 Å². The molecule has 0 unspecified atom stereocenters. The standard InChI is InChI=1S/C10H11BrClNO2/c1-13(5-4-12)10(15)8-6-7(11)2-3-9(8)14/h2-3,6,14H,4-5H2,1H3. The molecule has 0 saturated heterocycles. The zero-order chi connectivity index (χ0) is 11.4. The molecule has 0 aromatic heterocycles. The van der Waals surface area contributed by atoms with E-state index < -0.39 is 0 Å². The summed E-state index contributed by atoms with van der Waals surface area (Å²) in [4.78, 5) is 13.3. The highest BCUT2D eigenvalue weighted by Gasteiger charge is 2.15. The van der Waals surface area contributed by atoms with Crippen LogP contribution in [0.15, 0.2) is 22.7 Å². The molecule has 0 aliphatic carbocycles. The van der Waals surface area contributed by atoms with E-state index in [0.717, 1.165) is 4.47 Å². The van der Waals surface area contributed by atoms with Crippen LogP contribution in [-0.2, 0) is 0 Å². The molecule has 0 radical (unpaired) electrons. The fraction of sp³-hybridized carbons (Fsp3) is 0.300. The monoisotopic (exact) mass is 291 g/mol. The van der Waals surface area contributed by atoms with Crippen LogP contribution in [-0.4, -0.2) is 35.4 Å². The number of aromatic hydroxyl groups is 1. The van der Waals surface area contributed by atoms with Gasteiger partial charge in [0.15, 0.2) is 0 Å². The van der Waals surface area contributed by atoms with Crippen LogP contribution in [0.25, 0.3) is 0 Å². The Bertz CT molecular complexity index is 370. The first kappa shape index (κ1) is 12.3. The third-order valence-corrected chi connectivity index (χ3v) is 2.62. The zero-order valence-electron chi connectivity index (χ0n) is 8.20. The van der Waals surface area contributed by atoms with Gasteiger partial charge in [-0.2, -0.15) is 0 Å². The Hall–Kier alpha value is -0.740. The number of phenolic OH excluding ortho intramolecular Hbond substituents is 1. The molecule has 82 valence electrons. The van der Waals surface area contributed by atoms with Crippen molar-refractivity contribution in [2.24, 2.45) is 0 Å². The summed E-state index contributed by atoms with van der Waals surface area (Å²) >= 11 is 8.78. The molecule has 1 rings (SSSR count). The van der Waals surface area contributed by atoms with E-state index in [0.29, 0.717) is 12.4 Å². The lowest BCUT2D eigenvalue weighted by Crippen LogP contribution is -2.28. The lowest BCUT2D eigenvalue weighted by Gasteiger charge is -2.16. The molecular weight excluding hydrogens is 281 g/mol. The van der Waals surface area contributed by atoms with Crippen LogP contribution in [0, 0.1) is 0 Å². The molecule has 0 bridgehead atoms. The normalized spacial score (nSPS) is 10.1. The largest absolute Gasteiger partial charge is 0.507 e. The fourth-order valence-corrected chi connectivity index (χ4v) is 1.73. The molecule has 1 aromatic carbocycles. The van der Waals surface area contributed by atoms with E-state index in [9.17, 15) is 9.90 Å². The van der Waals surface area contributed by atoms with Crippen molar-refractivity contribution in [3.05, 3.63) is 28.2 Å². The number of alkyl halides is 1. The summed E-state index contributed by atoms with van der Waals surface area (Å²) in [6.45, 7) is 0.451. The number of halogens is 2. The number of benzene rings is 1. The molecule has 1 amide bonds. The van der Waals surface area contributed by atoms with Gasteiger partial charge in [-0.05, 0) is 18.2 Å². The SMILES string of the molecule is CN(CCCl)C(=O)c1cc(Br)ccc1O. The molecule has 15 heavy (non-hydrogen) atoms. The third-order valence-electron chi connectivity index (χ3n) is 1.96. The predicted octanol–water partition coefficient (Wildman–Crippen LogP) is 2.47. The van der Waals surface area contributed by atoms with E-state index >= 15 is 0 Å². The summed E-state index contributed by atoms with van der Waals surface area (Å²) in [6, 6.07) is 4.74. The van der Waals surface area contributed by atoms with E-state index in [2.05, 4.69) is 15.9 Å². The van der Waals surface area contributed by atoms with Gasteiger partial charge < -0.3 is 10.0 Å². The first-order chi connectivity index (χ1) is 7.06. The number of hydrogen-bond acceptors (Lipinski definition) is 2. The average molecular weight is 293 g/mol. The van der Waals surface area contributed by atoms with Gasteiger partial charge in [0.2, 0.25) is 0 Å². The second-order valence-corrected chi connectivity index (χ2v) is 4.37. The quantitative estimate of drug-likeness (QED) is 0.870. The van der Waals surface area contributed by atoms with Crippen LogP contribution in [0.2, 0.25) is 0 Å². The van der Waals surface area contributed by atoms with Crippen LogP contribution in [0.1, 0.15) is 10.4 Å². The van der Waals surface area contributed by atoms with E-state index in [4.69, 9.17) is 11.6 Å². The van der Waals surface area contributed by atoms with Crippen molar-refractivity contribution in [1.29, 1.82) is 0 Å². The van der Waals surface area contributed by atoms with Gasteiger partial charge in [0.05, 0.1) is 5.56 Å². The Morgan fingerprint density at radius 1 is 1.60 bits per heavy atom. The van der Waals surface area contributed by atoms with Crippen LogP contribution < -0.4 is 0 Å². The minimum atomic E-state index is -0.241. The number of amides is 1. The number of phenols is 1. The molecular formula is C10H11BrClNO2. The lowest BCUT2D eigenvalue weighted by atomic mass is 10.2. The molecule has 5 heteroatoms. The predicted molar refractivity (Wildman–Crippen MR) is 63.5 cm³/mol. The topological polar surface area (TPSA) is 40.5 Å². The van der Waals surface area contributed by atoms with E-state index in [1.54, 1.807) is 19.2 Å². The zero-order valence-corrected chi connectivity index (χ0v) is 10.5. The van der Waals surface area contributed by atoms with Crippen molar-refractivity contribution in [3.63, 3.8) is 0 Å². The average Bonchev–Trinajstić information content (AvgIpc) is 2.21. The van der Waals surface area contributed by atoms with Gasteiger partial charge in [-0.25, -0.2) is 0 Å². The number of hydrogen-bond donors (Lipinski definition) is 1. The van der Waals surface area contributed by atoms with Gasteiger partial charge in [0, 0.05) is 23.9 Å².